The van der Waals surface area contributed by atoms with Crippen molar-refractivity contribution in [3.05, 3.63) is 66.0 Å². The van der Waals surface area contributed by atoms with Gasteiger partial charge >= 0.3 is 0 Å². The van der Waals surface area contributed by atoms with Crippen molar-refractivity contribution in [3.63, 3.8) is 0 Å². The fraction of sp³-hybridized carbons (Fsp3) is 0.316. The number of likely N-dealkylation sites (tertiary alicyclic amines) is 1. The summed E-state index contributed by atoms with van der Waals surface area (Å²) < 4.78 is 2.08. The van der Waals surface area contributed by atoms with Crippen molar-refractivity contribution in [2.75, 3.05) is 13.1 Å². The smallest absolute Gasteiger partial charge is 0.0518 e. The van der Waals surface area contributed by atoms with Crippen molar-refractivity contribution in [1.82, 2.24) is 14.7 Å². The van der Waals surface area contributed by atoms with Gasteiger partial charge in [0.1, 0.15) is 0 Å². The number of fused-ring (bicyclic) bond motifs is 1. The molecule has 3 nitrogen and oxygen atoms in total. The number of hydrogen-bond donors (Lipinski definition) is 0. The summed E-state index contributed by atoms with van der Waals surface area (Å²) in [6.07, 6.45) is 4.07. The Balaban J connectivity index is 1.39. The Morgan fingerprint density at radius 1 is 1.09 bits per heavy atom. The molecule has 2 heterocycles. The maximum absolute atomic E-state index is 4.39. The van der Waals surface area contributed by atoms with Crippen molar-refractivity contribution in [2.45, 2.75) is 20.0 Å². The van der Waals surface area contributed by atoms with E-state index in [-0.39, 0.29) is 0 Å². The van der Waals surface area contributed by atoms with E-state index in [0.29, 0.717) is 0 Å². The highest BCUT2D eigenvalue weighted by Crippen LogP contribution is 2.24. The second kappa shape index (κ2) is 5.58. The first kappa shape index (κ1) is 13.5. The first-order chi connectivity index (χ1) is 10.8. The SMILES string of the molecule is Cc1cnn(CC2CN(Cc3cccc4ccccc34)C2)c1. The van der Waals surface area contributed by atoms with E-state index in [1.54, 1.807) is 0 Å². The largest absolute Gasteiger partial charge is 0.298 e. The van der Waals surface area contributed by atoms with Gasteiger partial charge < -0.3 is 0 Å². The van der Waals surface area contributed by atoms with Gasteiger partial charge in [-0.2, -0.15) is 5.10 Å². The van der Waals surface area contributed by atoms with Crippen LogP contribution in [-0.2, 0) is 13.1 Å². The van der Waals surface area contributed by atoms with E-state index < -0.39 is 0 Å². The molecular weight excluding hydrogens is 270 g/mol. The van der Waals surface area contributed by atoms with Gasteiger partial charge in [0, 0.05) is 38.3 Å². The third kappa shape index (κ3) is 2.64. The zero-order valence-electron chi connectivity index (χ0n) is 12.9. The van der Waals surface area contributed by atoms with Crippen LogP contribution in [0.2, 0.25) is 0 Å². The van der Waals surface area contributed by atoms with Crippen LogP contribution < -0.4 is 0 Å². The minimum absolute atomic E-state index is 0.731. The van der Waals surface area contributed by atoms with E-state index in [9.17, 15) is 0 Å². The molecular formula is C19H21N3. The molecule has 112 valence electrons. The summed E-state index contributed by atoms with van der Waals surface area (Å²) in [5, 5.41) is 7.11. The quantitative estimate of drug-likeness (QED) is 0.734. The predicted octanol–water partition coefficient (Wildman–Crippen LogP) is 3.48. The molecule has 1 aliphatic heterocycles. The van der Waals surface area contributed by atoms with Crippen LogP contribution in [-0.4, -0.2) is 27.8 Å². The van der Waals surface area contributed by atoms with Gasteiger partial charge in [0.2, 0.25) is 0 Å². The van der Waals surface area contributed by atoms with Gasteiger partial charge in [0.25, 0.3) is 0 Å². The van der Waals surface area contributed by atoms with E-state index in [0.717, 1.165) is 19.0 Å². The number of rotatable bonds is 4. The first-order valence-corrected chi connectivity index (χ1v) is 7.96. The molecule has 3 heteroatoms. The molecule has 4 rings (SSSR count). The topological polar surface area (TPSA) is 21.1 Å². The van der Waals surface area contributed by atoms with Crippen molar-refractivity contribution in [3.8, 4) is 0 Å². The van der Waals surface area contributed by atoms with Crippen LogP contribution >= 0.6 is 0 Å². The van der Waals surface area contributed by atoms with Gasteiger partial charge in [-0.25, -0.2) is 0 Å². The lowest BCUT2D eigenvalue weighted by Gasteiger charge is -2.39. The third-order valence-corrected chi connectivity index (χ3v) is 4.51. The second-order valence-electron chi connectivity index (χ2n) is 6.44. The molecule has 0 unspecified atom stereocenters. The second-order valence-corrected chi connectivity index (χ2v) is 6.44. The molecule has 0 amide bonds. The number of aromatic nitrogens is 2. The number of benzene rings is 2. The Bertz CT molecular complexity index is 779. The molecule has 22 heavy (non-hydrogen) atoms. The molecule has 1 aromatic heterocycles. The van der Waals surface area contributed by atoms with Crippen LogP contribution in [0.3, 0.4) is 0 Å². The molecule has 1 aliphatic rings. The van der Waals surface area contributed by atoms with Gasteiger partial charge in [0.15, 0.2) is 0 Å². The summed E-state index contributed by atoms with van der Waals surface area (Å²) >= 11 is 0. The highest BCUT2D eigenvalue weighted by atomic mass is 15.3. The monoisotopic (exact) mass is 291 g/mol. The molecule has 0 bridgehead atoms. The van der Waals surface area contributed by atoms with Crippen LogP contribution in [0.4, 0.5) is 0 Å². The summed E-state index contributed by atoms with van der Waals surface area (Å²) in [5.41, 5.74) is 2.68. The van der Waals surface area contributed by atoms with Crippen molar-refractivity contribution < 1.29 is 0 Å². The summed E-state index contributed by atoms with van der Waals surface area (Å²) in [6.45, 7) is 6.53. The zero-order valence-corrected chi connectivity index (χ0v) is 12.9. The molecule has 0 radical (unpaired) electrons. The van der Waals surface area contributed by atoms with Gasteiger partial charge in [-0.1, -0.05) is 42.5 Å². The predicted molar refractivity (Wildman–Crippen MR) is 89.7 cm³/mol. The van der Waals surface area contributed by atoms with Crippen molar-refractivity contribution >= 4 is 10.8 Å². The number of nitrogens with zero attached hydrogens (tertiary/aromatic N) is 3. The zero-order chi connectivity index (χ0) is 14.9. The first-order valence-electron chi connectivity index (χ1n) is 7.96. The van der Waals surface area contributed by atoms with Crippen LogP contribution in [0.1, 0.15) is 11.1 Å². The minimum atomic E-state index is 0.731. The van der Waals surface area contributed by atoms with E-state index in [1.165, 1.54) is 35.0 Å². The maximum atomic E-state index is 4.39. The van der Waals surface area contributed by atoms with E-state index in [4.69, 9.17) is 0 Å². The number of aryl methyl sites for hydroxylation is 1. The Hall–Kier alpha value is -2.13. The molecule has 0 spiro atoms. The molecule has 3 aromatic rings. The van der Waals surface area contributed by atoms with Gasteiger partial charge in [-0.3, -0.25) is 9.58 Å². The normalized spacial score (nSPS) is 16.0. The summed E-state index contributed by atoms with van der Waals surface area (Å²) in [4.78, 5) is 2.53. The summed E-state index contributed by atoms with van der Waals surface area (Å²) in [6, 6.07) is 15.3. The average Bonchev–Trinajstić information content (AvgIpc) is 2.90. The Kier molecular flexibility index (Phi) is 3.43. The lowest BCUT2D eigenvalue weighted by Crippen LogP contribution is -2.47. The highest BCUT2D eigenvalue weighted by molar-refractivity contribution is 5.85. The van der Waals surface area contributed by atoms with Crippen LogP contribution in [0.5, 0.6) is 0 Å². The summed E-state index contributed by atoms with van der Waals surface area (Å²) in [7, 11) is 0. The third-order valence-electron chi connectivity index (χ3n) is 4.51. The van der Waals surface area contributed by atoms with Crippen LogP contribution in [0.25, 0.3) is 10.8 Å². The fourth-order valence-electron chi connectivity index (χ4n) is 3.42. The number of hydrogen-bond acceptors (Lipinski definition) is 2. The van der Waals surface area contributed by atoms with Crippen LogP contribution in [0, 0.1) is 12.8 Å². The molecule has 1 fully saturated rings. The van der Waals surface area contributed by atoms with Crippen LogP contribution in [0.15, 0.2) is 54.9 Å². The molecule has 1 saturated heterocycles. The van der Waals surface area contributed by atoms with Crippen molar-refractivity contribution in [2.24, 2.45) is 5.92 Å². The average molecular weight is 291 g/mol. The van der Waals surface area contributed by atoms with Gasteiger partial charge in [0.05, 0.1) is 6.20 Å². The Morgan fingerprint density at radius 3 is 2.73 bits per heavy atom. The molecule has 2 aromatic carbocycles. The molecule has 0 N–H and O–H groups in total. The van der Waals surface area contributed by atoms with Gasteiger partial charge in [-0.15, -0.1) is 0 Å². The van der Waals surface area contributed by atoms with E-state index >= 15 is 0 Å². The highest BCUT2D eigenvalue weighted by Gasteiger charge is 2.27. The maximum Gasteiger partial charge on any atom is 0.0518 e. The van der Waals surface area contributed by atoms with Crippen molar-refractivity contribution in [1.29, 1.82) is 0 Å². The van der Waals surface area contributed by atoms with E-state index in [2.05, 4.69) is 70.3 Å². The minimum Gasteiger partial charge on any atom is -0.298 e. The molecule has 0 saturated carbocycles. The fourth-order valence-corrected chi connectivity index (χ4v) is 3.42. The standard InChI is InChI=1S/C19H21N3/c1-15-9-20-22(10-15)13-16-11-21(12-16)14-18-7-4-6-17-5-2-3-8-19(17)18/h2-10,16H,11-14H2,1H3. The molecule has 0 atom stereocenters. The van der Waals surface area contributed by atoms with Gasteiger partial charge in [-0.05, 0) is 28.8 Å². The lowest BCUT2D eigenvalue weighted by atomic mass is 9.97. The summed E-state index contributed by atoms with van der Waals surface area (Å²) in [5.74, 6) is 0.731. The lowest BCUT2D eigenvalue weighted by molar-refractivity contribution is 0.0782. The van der Waals surface area contributed by atoms with E-state index in [1.807, 2.05) is 6.20 Å². The Labute approximate surface area is 131 Å². The molecule has 0 aliphatic carbocycles. The Morgan fingerprint density at radius 2 is 1.91 bits per heavy atom.